The molecule has 0 saturated carbocycles. The summed E-state index contributed by atoms with van der Waals surface area (Å²) in [5.41, 5.74) is 0.972. The summed E-state index contributed by atoms with van der Waals surface area (Å²) in [4.78, 5) is 0. The van der Waals surface area contributed by atoms with Gasteiger partial charge in [-0.3, -0.25) is 0 Å². The predicted octanol–water partition coefficient (Wildman–Crippen LogP) is 4.88. The molecule has 19 heavy (non-hydrogen) atoms. The van der Waals surface area contributed by atoms with Crippen LogP contribution in [0.1, 0.15) is 22.8 Å². The van der Waals surface area contributed by atoms with Crippen LogP contribution < -0.4 is 0 Å². The van der Waals surface area contributed by atoms with Crippen LogP contribution in [0.3, 0.4) is 0 Å². The van der Waals surface area contributed by atoms with Gasteiger partial charge in [0.25, 0.3) is 0 Å². The fraction of sp³-hybridized carbons (Fsp3) is 0.143. The molecule has 100 valence electrons. The van der Waals surface area contributed by atoms with Crippen molar-refractivity contribution in [1.29, 1.82) is 0 Å². The molecule has 2 aromatic rings. The van der Waals surface area contributed by atoms with Crippen molar-refractivity contribution in [3.63, 3.8) is 0 Å². The van der Waals surface area contributed by atoms with Crippen molar-refractivity contribution in [1.82, 2.24) is 0 Å². The first-order valence-corrected chi connectivity index (χ1v) is 7.08. The Bertz CT molecular complexity index is 629. The lowest BCUT2D eigenvalue weighted by atomic mass is 9.99. The van der Waals surface area contributed by atoms with Crippen LogP contribution >= 0.6 is 31.9 Å². The standard InChI is InChI=1S/C14H10Br2F2O/c1-7-6-8(2-3-9(7)15)14(19)12-11(17)5-4-10(16)13(12)18/h2-6,14,19H,1H3. The van der Waals surface area contributed by atoms with Crippen molar-refractivity contribution in [2.24, 2.45) is 0 Å². The van der Waals surface area contributed by atoms with Crippen LogP contribution in [0.4, 0.5) is 8.78 Å². The molecule has 0 amide bonds. The summed E-state index contributed by atoms with van der Waals surface area (Å²) in [6.07, 6.45) is -1.34. The number of benzene rings is 2. The van der Waals surface area contributed by atoms with Gasteiger partial charge in [-0.2, -0.15) is 0 Å². The summed E-state index contributed by atoms with van der Waals surface area (Å²) in [5, 5.41) is 10.2. The van der Waals surface area contributed by atoms with E-state index < -0.39 is 17.7 Å². The third kappa shape index (κ3) is 2.88. The fourth-order valence-corrected chi connectivity index (χ4v) is 2.39. The molecule has 0 aromatic heterocycles. The van der Waals surface area contributed by atoms with E-state index in [0.717, 1.165) is 16.1 Å². The number of halogens is 4. The largest absolute Gasteiger partial charge is 0.383 e. The second-order valence-electron chi connectivity index (χ2n) is 4.17. The Morgan fingerprint density at radius 3 is 2.32 bits per heavy atom. The van der Waals surface area contributed by atoms with Gasteiger partial charge >= 0.3 is 0 Å². The number of hydrogen-bond acceptors (Lipinski definition) is 1. The van der Waals surface area contributed by atoms with E-state index in [9.17, 15) is 13.9 Å². The highest BCUT2D eigenvalue weighted by molar-refractivity contribution is 9.10. The normalized spacial score (nSPS) is 12.5. The van der Waals surface area contributed by atoms with Crippen LogP contribution in [0, 0.1) is 18.6 Å². The van der Waals surface area contributed by atoms with Crippen LogP contribution in [0.5, 0.6) is 0 Å². The average molecular weight is 392 g/mol. The van der Waals surface area contributed by atoms with Gasteiger partial charge in [0.2, 0.25) is 0 Å². The third-order valence-electron chi connectivity index (χ3n) is 2.85. The van der Waals surface area contributed by atoms with Gasteiger partial charge in [-0.1, -0.05) is 28.1 Å². The lowest BCUT2D eigenvalue weighted by Crippen LogP contribution is -2.06. The van der Waals surface area contributed by atoms with Gasteiger partial charge in [0, 0.05) is 4.47 Å². The molecule has 2 aromatic carbocycles. The minimum atomic E-state index is -1.34. The van der Waals surface area contributed by atoms with Crippen LogP contribution in [0.2, 0.25) is 0 Å². The van der Waals surface area contributed by atoms with Crippen LogP contribution in [0.25, 0.3) is 0 Å². The molecule has 0 heterocycles. The molecule has 0 radical (unpaired) electrons. The SMILES string of the molecule is Cc1cc(C(O)c2c(F)ccc(Br)c2F)ccc1Br. The molecule has 0 spiro atoms. The average Bonchev–Trinajstić information content (AvgIpc) is 2.37. The van der Waals surface area contributed by atoms with E-state index in [1.54, 1.807) is 18.2 Å². The molecule has 1 nitrogen and oxygen atoms in total. The van der Waals surface area contributed by atoms with Crippen LogP contribution in [-0.2, 0) is 0 Å². The van der Waals surface area contributed by atoms with Gasteiger partial charge in [0.15, 0.2) is 0 Å². The molecule has 2 rings (SSSR count). The van der Waals surface area contributed by atoms with E-state index in [-0.39, 0.29) is 10.0 Å². The Kier molecular flexibility index (Phi) is 4.38. The molecule has 1 unspecified atom stereocenters. The van der Waals surface area contributed by atoms with E-state index in [4.69, 9.17) is 0 Å². The Morgan fingerprint density at radius 2 is 1.68 bits per heavy atom. The maximum absolute atomic E-state index is 13.9. The summed E-state index contributed by atoms with van der Waals surface area (Å²) in [5.74, 6) is -1.55. The van der Waals surface area contributed by atoms with E-state index in [1.807, 2.05) is 6.92 Å². The second-order valence-corrected chi connectivity index (χ2v) is 5.88. The molecule has 0 aliphatic heterocycles. The topological polar surface area (TPSA) is 20.2 Å². The highest BCUT2D eigenvalue weighted by Crippen LogP contribution is 2.32. The minimum absolute atomic E-state index is 0.122. The number of aliphatic hydroxyl groups is 1. The summed E-state index contributed by atoms with van der Waals surface area (Å²) < 4.78 is 28.6. The molecule has 1 N–H and O–H groups in total. The lowest BCUT2D eigenvalue weighted by molar-refractivity contribution is 0.208. The van der Waals surface area contributed by atoms with Gasteiger partial charge in [-0.15, -0.1) is 0 Å². The Morgan fingerprint density at radius 1 is 1.05 bits per heavy atom. The summed E-state index contributed by atoms with van der Waals surface area (Å²) >= 11 is 6.32. The van der Waals surface area contributed by atoms with Gasteiger partial charge < -0.3 is 5.11 Å². The lowest BCUT2D eigenvalue weighted by Gasteiger charge is -2.15. The van der Waals surface area contributed by atoms with Crippen LogP contribution in [-0.4, -0.2) is 5.11 Å². The molecule has 0 aliphatic rings. The quantitative estimate of drug-likeness (QED) is 0.723. The van der Waals surface area contributed by atoms with Crippen molar-refractivity contribution in [2.75, 3.05) is 0 Å². The van der Waals surface area contributed by atoms with E-state index in [0.29, 0.717) is 5.56 Å². The molecule has 1 atom stereocenters. The first-order chi connectivity index (χ1) is 8.91. The summed E-state index contributed by atoms with van der Waals surface area (Å²) in [7, 11) is 0. The zero-order valence-corrected chi connectivity index (χ0v) is 13.1. The summed E-state index contributed by atoms with van der Waals surface area (Å²) in [6, 6.07) is 7.45. The Labute approximate surface area is 126 Å². The molecule has 0 aliphatic carbocycles. The van der Waals surface area contributed by atoms with Crippen molar-refractivity contribution < 1.29 is 13.9 Å². The van der Waals surface area contributed by atoms with Gasteiger partial charge in [-0.05, 0) is 52.2 Å². The van der Waals surface area contributed by atoms with Gasteiger partial charge in [0.05, 0.1) is 10.0 Å². The van der Waals surface area contributed by atoms with Crippen molar-refractivity contribution >= 4 is 31.9 Å². The molecular weight excluding hydrogens is 382 g/mol. The maximum atomic E-state index is 13.9. The summed E-state index contributed by atoms with van der Waals surface area (Å²) in [6.45, 7) is 1.84. The Hall–Kier alpha value is -0.780. The van der Waals surface area contributed by atoms with Gasteiger partial charge in [0.1, 0.15) is 17.7 Å². The molecular formula is C14H10Br2F2O. The van der Waals surface area contributed by atoms with E-state index >= 15 is 0 Å². The van der Waals surface area contributed by atoms with Crippen molar-refractivity contribution in [3.8, 4) is 0 Å². The molecule has 0 fully saturated rings. The molecule has 0 bridgehead atoms. The Balaban J connectivity index is 2.52. The molecule has 0 saturated heterocycles. The highest BCUT2D eigenvalue weighted by atomic mass is 79.9. The van der Waals surface area contributed by atoms with Gasteiger partial charge in [-0.25, -0.2) is 8.78 Å². The maximum Gasteiger partial charge on any atom is 0.146 e. The smallest absolute Gasteiger partial charge is 0.146 e. The van der Waals surface area contributed by atoms with Crippen LogP contribution in [0.15, 0.2) is 39.3 Å². The van der Waals surface area contributed by atoms with Crippen molar-refractivity contribution in [2.45, 2.75) is 13.0 Å². The number of aliphatic hydroxyl groups excluding tert-OH is 1. The zero-order valence-electron chi connectivity index (χ0n) is 9.92. The number of aryl methyl sites for hydroxylation is 1. The second kappa shape index (κ2) is 5.69. The minimum Gasteiger partial charge on any atom is -0.383 e. The third-order valence-corrected chi connectivity index (χ3v) is 4.35. The van der Waals surface area contributed by atoms with Crippen molar-refractivity contribution in [3.05, 3.63) is 67.6 Å². The molecule has 5 heteroatoms. The fourth-order valence-electron chi connectivity index (χ4n) is 1.80. The number of hydrogen-bond donors (Lipinski definition) is 1. The zero-order chi connectivity index (χ0) is 14.2. The first kappa shape index (κ1) is 14.6. The van der Waals surface area contributed by atoms with E-state index in [2.05, 4.69) is 31.9 Å². The number of rotatable bonds is 2. The van der Waals surface area contributed by atoms with E-state index in [1.165, 1.54) is 6.07 Å². The monoisotopic (exact) mass is 390 g/mol. The highest BCUT2D eigenvalue weighted by Gasteiger charge is 2.21. The predicted molar refractivity (Wildman–Crippen MR) is 77.0 cm³/mol. The first-order valence-electron chi connectivity index (χ1n) is 5.49.